The van der Waals surface area contributed by atoms with Gasteiger partial charge in [0.2, 0.25) is 0 Å². The Morgan fingerprint density at radius 1 is 1.35 bits per heavy atom. The summed E-state index contributed by atoms with van der Waals surface area (Å²) in [7, 11) is 1.63. The van der Waals surface area contributed by atoms with Crippen LogP contribution in [-0.2, 0) is 11.3 Å². The van der Waals surface area contributed by atoms with Gasteiger partial charge < -0.3 is 14.8 Å². The van der Waals surface area contributed by atoms with E-state index in [2.05, 4.69) is 5.32 Å². The van der Waals surface area contributed by atoms with Crippen molar-refractivity contribution in [2.75, 3.05) is 13.7 Å². The molecule has 1 amide bonds. The summed E-state index contributed by atoms with van der Waals surface area (Å²) in [6, 6.07) is 5.83. The molecule has 0 unspecified atom stereocenters. The van der Waals surface area contributed by atoms with E-state index in [1.165, 1.54) is 12.8 Å². The van der Waals surface area contributed by atoms with Crippen LogP contribution in [0.3, 0.4) is 0 Å². The van der Waals surface area contributed by atoms with Gasteiger partial charge in [0.15, 0.2) is 0 Å². The molecule has 110 valence electrons. The Hall–Kier alpha value is -1.55. The van der Waals surface area contributed by atoms with E-state index in [9.17, 15) is 4.79 Å². The summed E-state index contributed by atoms with van der Waals surface area (Å²) in [6.45, 7) is 3.05. The normalized spacial score (nSPS) is 15.3. The Morgan fingerprint density at radius 3 is 2.75 bits per heavy atom. The molecule has 0 atom stereocenters. The number of benzene rings is 1. The molecule has 2 rings (SSSR count). The second-order valence-electron chi connectivity index (χ2n) is 5.12. The highest BCUT2D eigenvalue weighted by atomic mass is 16.5. The third-order valence-corrected chi connectivity index (χ3v) is 3.69. The summed E-state index contributed by atoms with van der Waals surface area (Å²) in [5, 5.41) is 3.10. The number of nitrogens with one attached hydrogen (secondary N) is 1. The fourth-order valence-corrected chi connectivity index (χ4v) is 2.58. The van der Waals surface area contributed by atoms with Crippen molar-refractivity contribution in [3.63, 3.8) is 0 Å². The summed E-state index contributed by atoms with van der Waals surface area (Å²) in [5.74, 6) is 0.758. The largest absolute Gasteiger partial charge is 0.496 e. The summed E-state index contributed by atoms with van der Waals surface area (Å²) >= 11 is 0. The van der Waals surface area contributed by atoms with Crippen LogP contribution in [0.4, 0.5) is 0 Å². The summed E-state index contributed by atoms with van der Waals surface area (Å²) in [5.41, 5.74) is 1.58. The molecule has 1 aliphatic rings. The van der Waals surface area contributed by atoms with E-state index < -0.39 is 0 Å². The first kappa shape index (κ1) is 14.9. The van der Waals surface area contributed by atoms with Crippen molar-refractivity contribution < 1.29 is 14.3 Å². The van der Waals surface area contributed by atoms with Crippen LogP contribution in [0.2, 0.25) is 0 Å². The number of hydrogen-bond donors (Lipinski definition) is 1. The van der Waals surface area contributed by atoms with Gasteiger partial charge in [0.1, 0.15) is 5.75 Å². The third-order valence-electron chi connectivity index (χ3n) is 3.69. The SMILES string of the molecule is CCOCc1cc(C(=O)NC2CCCC2)ccc1OC. The van der Waals surface area contributed by atoms with Crippen molar-refractivity contribution in [3.05, 3.63) is 29.3 Å². The second-order valence-corrected chi connectivity index (χ2v) is 5.12. The van der Waals surface area contributed by atoms with Gasteiger partial charge in [0.05, 0.1) is 13.7 Å². The molecule has 0 heterocycles. The first-order chi connectivity index (χ1) is 9.74. The lowest BCUT2D eigenvalue weighted by Gasteiger charge is -2.14. The number of ether oxygens (including phenoxy) is 2. The Bertz CT molecular complexity index is 453. The lowest BCUT2D eigenvalue weighted by Crippen LogP contribution is -2.32. The van der Waals surface area contributed by atoms with Gasteiger partial charge in [-0.2, -0.15) is 0 Å². The fourth-order valence-electron chi connectivity index (χ4n) is 2.58. The molecule has 0 spiro atoms. The Balaban J connectivity index is 2.08. The van der Waals surface area contributed by atoms with Crippen molar-refractivity contribution in [2.45, 2.75) is 45.3 Å². The molecule has 20 heavy (non-hydrogen) atoms. The van der Waals surface area contributed by atoms with Crippen LogP contribution >= 0.6 is 0 Å². The molecule has 0 aromatic heterocycles. The molecule has 1 fully saturated rings. The minimum absolute atomic E-state index is 0.00250. The molecule has 1 aromatic carbocycles. The van der Waals surface area contributed by atoms with Crippen LogP contribution in [0.1, 0.15) is 48.5 Å². The number of methoxy groups -OCH3 is 1. The van der Waals surface area contributed by atoms with Gasteiger partial charge in [0, 0.05) is 23.8 Å². The molecule has 4 nitrogen and oxygen atoms in total. The highest BCUT2D eigenvalue weighted by Gasteiger charge is 2.18. The van der Waals surface area contributed by atoms with E-state index in [0.29, 0.717) is 24.8 Å². The maximum absolute atomic E-state index is 12.2. The molecular weight excluding hydrogens is 254 g/mol. The molecule has 1 aromatic rings. The number of hydrogen-bond acceptors (Lipinski definition) is 3. The number of carbonyl (C=O) groups excluding carboxylic acids is 1. The van der Waals surface area contributed by atoms with Gasteiger partial charge in [-0.05, 0) is 38.0 Å². The van der Waals surface area contributed by atoms with Crippen molar-refractivity contribution in [3.8, 4) is 5.75 Å². The van der Waals surface area contributed by atoms with E-state index >= 15 is 0 Å². The predicted molar refractivity (Wildman–Crippen MR) is 78.0 cm³/mol. The monoisotopic (exact) mass is 277 g/mol. The predicted octanol–water partition coefficient (Wildman–Crippen LogP) is 2.90. The minimum atomic E-state index is -0.00250. The van der Waals surface area contributed by atoms with Crippen LogP contribution in [0, 0.1) is 0 Å². The summed E-state index contributed by atoms with van der Waals surface area (Å²) in [6.07, 6.45) is 4.60. The topological polar surface area (TPSA) is 47.6 Å². The van der Waals surface area contributed by atoms with E-state index in [-0.39, 0.29) is 5.91 Å². The molecule has 1 saturated carbocycles. The standard InChI is InChI=1S/C16H23NO3/c1-3-20-11-13-10-12(8-9-15(13)19-2)16(18)17-14-6-4-5-7-14/h8-10,14H,3-7,11H2,1-2H3,(H,17,18). The van der Waals surface area contributed by atoms with Gasteiger partial charge >= 0.3 is 0 Å². The molecule has 0 aliphatic heterocycles. The van der Waals surface area contributed by atoms with Crippen LogP contribution in [0.25, 0.3) is 0 Å². The van der Waals surface area contributed by atoms with Gasteiger partial charge in [-0.15, -0.1) is 0 Å². The van der Waals surface area contributed by atoms with Gasteiger partial charge in [-0.25, -0.2) is 0 Å². The number of rotatable bonds is 6. The molecule has 0 bridgehead atoms. The fraction of sp³-hybridized carbons (Fsp3) is 0.562. The molecule has 1 aliphatic carbocycles. The Labute approximate surface area is 120 Å². The first-order valence-electron chi connectivity index (χ1n) is 7.30. The molecule has 0 radical (unpaired) electrons. The van der Waals surface area contributed by atoms with Crippen LogP contribution < -0.4 is 10.1 Å². The van der Waals surface area contributed by atoms with Crippen molar-refractivity contribution in [1.29, 1.82) is 0 Å². The van der Waals surface area contributed by atoms with Gasteiger partial charge in [-0.3, -0.25) is 4.79 Å². The number of carbonyl (C=O) groups is 1. The van der Waals surface area contributed by atoms with Crippen molar-refractivity contribution in [2.24, 2.45) is 0 Å². The zero-order valence-corrected chi connectivity index (χ0v) is 12.3. The average Bonchev–Trinajstić information content (AvgIpc) is 2.97. The highest BCUT2D eigenvalue weighted by Crippen LogP contribution is 2.22. The van der Waals surface area contributed by atoms with E-state index in [1.807, 2.05) is 19.1 Å². The quantitative estimate of drug-likeness (QED) is 0.869. The maximum Gasteiger partial charge on any atom is 0.251 e. The maximum atomic E-state index is 12.2. The molecule has 4 heteroatoms. The third kappa shape index (κ3) is 3.73. The van der Waals surface area contributed by atoms with Crippen LogP contribution in [0.15, 0.2) is 18.2 Å². The zero-order valence-electron chi connectivity index (χ0n) is 12.3. The first-order valence-corrected chi connectivity index (χ1v) is 7.30. The lowest BCUT2D eigenvalue weighted by molar-refractivity contribution is 0.0937. The molecule has 1 N–H and O–H groups in total. The van der Waals surface area contributed by atoms with Gasteiger partial charge in [-0.1, -0.05) is 12.8 Å². The van der Waals surface area contributed by atoms with E-state index in [4.69, 9.17) is 9.47 Å². The average molecular weight is 277 g/mol. The molecule has 0 saturated heterocycles. The van der Waals surface area contributed by atoms with Crippen LogP contribution in [0.5, 0.6) is 5.75 Å². The van der Waals surface area contributed by atoms with Gasteiger partial charge in [0.25, 0.3) is 5.91 Å². The van der Waals surface area contributed by atoms with Crippen LogP contribution in [-0.4, -0.2) is 25.7 Å². The summed E-state index contributed by atoms with van der Waals surface area (Å²) < 4.78 is 10.7. The summed E-state index contributed by atoms with van der Waals surface area (Å²) in [4.78, 5) is 12.2. The highest BCUT2D eigenvalue weighted by molar-refractivity contribution is 5.94. The second kappa shape index (κ2) is 7.29. The minimum Gasteiger partial charge on any atom is -0.496 e. The van der Waals surface area contributed by atoms with Crippen molar-refractivity contribution in [1.82, 2.24) is 5.32 Å². The number of amides is 1. The van der Waals surface area contributed by atoms with Crippen molar-refractivity contribution >= 4 is 5.91 Å². The van der Waals surface area contributed by atoms with E-state index in [1.54, 1.807) is 13.2 Å². The molecular formula is C16H23NO3. The lowest BCUT2D eigenvalue weighted by atomic mass is 10.1. The Morgan fingerprint density at radius 2 is 2.10 bits per heavy atom. The Kier molecular flexibility index (Phi) is 5.41. The zero-order chi connectivity index (χ0) is 14.4. The smallest absolute Gasteiger partial charge is 0.251 e. The van der Waals surface area contributed by atoms with E-state index in [0.717, 1.165) is 24.2 Å².